The van der Waals surface area contributed by atoms with Crippen molar-refractivity contribution >= 4 is 19.8 Å². The number of carbonyl (C=O) groups is 2. The summed E-state index contributed by atoms with van der Waals surface area (Å²) in [5, 5.41) is 0. The molecule has 0 saturated heterocycles. The Balaban J connectivity index is 4.23. The predicted molar refractivity (Wildman–Crippen MR) is 220 cm³/mol. The van der Waals surface area contributed by atoms with Crippen molar-refractivity contribution in [2.75, 3.05) is 26.4 Å². The van der Waals surface area contributed by atoms with E-state index in [1.165, 1.54) is 83.5 Å². The minimum absolute atomic E-state index is 0.0459. The van der Waals surface area contributed by atoms with Crippen LogP contribution in [0.1, 0.15) is 181 Å². The van der Waals surface area contributed by atoms with Gasteiger partial charge in [-0.15, -0.1) is 0 Å². The van der Waals surface area contributed by atoms with Gasteiger partial charge >= 0.3 is 19.8 Å². The second-order valence-electron chi connectivity index (χ2n) is 13.8. The molecular formula is C43H78NO8P. The zero-order valence-electron chi connectivity index (χ0n) is 33.7. The molecule has 0 aliphatic rings. The summed E-state index contributed by atoms with van der Waals surface area (Å²) in [6, 6.07) is 0. The SMILES string of the molecule is CCCCC/C=C/C/C=C/CCCCCCCCCC(=O)OC[C@H](COP(=O)(O)OCCN)OC(=O)CCCC/C=C/C/C=C/CCCCCCCC. The van der Waals surface area contributed by atoms with Crippen LogP contribution in [0.4, 0.5) is 0 Å². The zero-order valence-corrected chi connectivity index (χ0v) is 34.6. The molecule has 9 nitrogen and oxygen atoms in total. The average Bonchev–Trinajstić information content (AvgIpc) is 3.14. The molecule has 0 saturated carbocycles. The van der Waals surface area contributed by atoms with Crippen molar-refractivity contribution in [2.24, 2.45) is 5.73 Å². The molecule has 308 valence electrons. The van der Waals surface area contributed by atoms with Crippen LogP contribution in [0.3, 0.4) is 0 Å². The Morgan fingerprint density at radius 3 is 1.51 bits per heavy atom. The second-order valence-corrected chi connectivity index (χ2v) is 15.3. The van der Waals surface area contributed by atoms with E-state index in [0.29, 0.717) is 6.42 Å². The van der Waals surface area contributed by atoms with Gasteiger partial charge in [-0.25, -0.2) is 4.57 Å². The lowest BCUT2D eigenvalue weighted by Gasteiger charge is -2.19. The minimum Gasteiger partial charge on any atom is -0.462 e. The third kappa shape index (κ3) is 39.5. The van der Waals surface area contributed by atoms with Crippen molar-refractivity contribution in [2.45, 2.75) is 187 Å². The Bertz CT molecular complexity index is 1010. The normalized spacial score (nSPS) is 13.8. The predicted octanol–water partition coefficient (Wildman–Crippen LogP) is 11.9. The summed E-state index contributed by atoms with van der Waals surface area (Å²) < 4.78 is 32.7. The summed E-state index contributed by atoms with van der Waals surface area (Å²) in [5.74, 6) is -0.877. The number of phosphoric acid groups is 1. The van der Waals surface area contributed by atoms with E-state index in [9.17, 15) is 19.0 Å². The van der Waals surface area contributed by atoms with Crippen molar-refractivity contribution in [3.63, 3.8) is 0 Å². The molecule has 0 aromatic rings. The first-order valence-corrected chi connectivity index (χ1v) is 22.6. The van der Waals surface area contributed by atoms with Gasteiger partial charge in [0, 0.05) is 19.4 Å². The molecule has 2 atom stereocenters. The van der Waals surface area contributed by atoms with Crippen molar-refractivity contribution in [1.82, 2.24) is 0 Å². The van der Waals surface area contributed by atoms with E-state index in [2.05, 4.69) is 62.5 Å². The standard InChI is InChI=1S/C43H78NO8P/c1-3-5-7-9-11-13-15-17-19-20-22-23-25-27-29-31-33-35-42(45)49-39-41(40-51-53(47,48)50-38-37-44)52-43(46)36-34-32-30-28-26-24-21-18-16-14-12-10-8-6-4-2/h11,13,17-19,21,26,28,41H,3-10,12,14-16,20,22-25,27,29-40,44H2,1-2H3,(H,47,48)/b13-11+,19-17+,21-18+,28-26+/t41-/m1/s1. The highest BCUT2D eigenvalue weighted by molar-refractivity contribution is 7.47. The largest absolute Gasteiger partial charge is 0.472 e. The maximum atomic E-state index is 12.5. The topological polar surface area (TPSA) is 134 Å². The lowest BCUT2D eigenvalue weighted by Crippen LogP contribution is -2.29. The number of rotatable bonds is 39. The Morgan fingerprint density at radius 2 is 0.981 bits per heavy atom. The van der Waals surface area contributed by atoms with Crippen LogP contribution >= 0.6 is 7.82 Å². The Kier molecular flexibility index (Phi) is 38.1. The van der Waals surface area contributed by atoms with Gasteiger partial charge in [0.05, 0.1) is 13.2 Å². The molecule has 0 spiro atoms. The van der Waals surface area contributed by atoms with Gasteiger partial charge in [-0.05, 0) is 77.0 Å². The van der Waals surface area contributed by atoms with Crippen molar-refractivity contribution in [3.8, 4) is 0 Å². The van der Waals surface area contributed by atoms with Crippen molar-refractivity contribution in [1.29, 1.82) is 0 Å². The van der Waals surface area contributed by atoms with Crippen LogP contribution in [0.15, 0.2) is 48.6 Å². The number of hydrogen-bond acceptors (Lipinski definition) is 8. The van der Waals surface area contributed by atoms with E-state index in [1.807, 2.05) is 0 Å². The monoisotopic (exact) mass is 768 g/mol. The molecule has 0 aromatic carbocycles. The van der Waals surface area contributed by atoms with Crippen LogP contribution in [0.5, 0.6) is 0 Å². The number of nitrogens with two attached hydrogens (primary N) is 1. The number of phosphoric ester groups is 1. The third-order valence-electron chi connectivity index (χ3n) is 8.69. The maximum Gasteiger partial charge on any atom is 0.472 e. The molecule has 0 aliphatic heterocycles. The van der Waals surface area contributed by atoms with Crippen molar-refractivity contribution < 1.29 is 37.6 Å². The number of esters is 2. The molecule has 3 N–H and O–H groups in total. The molecular weight excluding hydrogens is 689 g/mol. The first kappa shape index (κ1) is 51.0. The molecule has 0 amide bonds. The number of ether oxygens (including phenoxy) is 2. The summed E-state index contributed by atoms with van der Waals surface area (Å²) in [7, 11) is -4.39. The lowest BCUT2D eigenvalue weighted by atomic mass is 10.1. The average molecular weight is 768 g/mol. The van der Waals surface area contributed by atoms with Crippen LogP contribution in [0.25, 0.3) is 0 Å². The fraction of sp³-hybridized carbons (Fsp3) is 0.767. The van der Waals surface area contributed by atoms with E-state index in [1.54, 1.807) is 0 Å². The van der Waals surface area contributed by atoms with E-state index in [0.717, 1.165) is 64.2 Å². The first-order chi connectivity index (χ1) is 25.8. The van der Waals surface area contributed by atoms with Gasteiger partial charge in [0.25, 0.3) is 0 Å². The summed E-state index contributed by atoms with van der Waals surface area (Å²) in [4.78, 5) is 34.8. The molecule has 0 fully saturated rings. The van der Waals surface area contributed by atoms with E-state index in [-0.39, 0.29) is 32.6 Å². The van der Waals surface area contributed by atoms with E-state index < -0.39 is 32.5 Å². The Hall–Kier alpha value is -2.03. The molecule has 0 aliphatic carbocycles. The maximum absolute atomic E-state index is 12.5. The Labute approximate surface area is 324 Å². The first-order valence-electron chi connectivity index (χ1n) is 21.1. The summed E-state index contributed by atoms with van der Waals surface area (Å²) in [5.41, 5.74) is 5.34. The smallest absolute Gasteiger partial charge is 0.462 e. The van der Waals surface area contributed by atoms with Crippen LogP contribution in [-0.2, 0) is 32.7 Å². The van der Waals surface area contributed by atoms with Gasteiger partial charge in [0.2, 0.25) is 0 Å². The van der Waals surface area contributed by atoms with E-state index >= 15 is 0 Å². The van der Waals surface area contributed by atoms with Gasteiger partial charge in [0.1, 0.15) is 6.61 Å². The highest BCUT2D eigenvalue weighted by Gasteiger charge is 2.25. The van der Waals surface area contributed by atoms with Crippen molar-refractivity contribution in [3.05, 3.63) is 48.6 Å². The zero-order chi connectivity index (χ0) is 38.9. The van der Waals surface area contributed by atoms with Crippen LogP contribution in [0.2, 0.25) is 0 Å². The molecule has 0 rings (SSSR count). The van der Waals surface area contributed by atoms with Gasteiger partial charge in [-0.1, -0.05) is 140 Å². The Morgan fingerprint density at radius 1 is 0.566 bits per heavy atom. The van der Waals surface area contributed by atoms with Gasteiger partial charge in [-0.2, -0.15) is 0 Å². The molecule has 0 heterocycles. The molecule has 0 aromatic heterocycles. The molecule has 53 heavy (non-hydrogen) atoms. The van der Waals surface area contributed by atoms with Gasteiger partial charge < -0.3 is 20.1 Å². The van der Waals surface area contributed by atoms with E-state index in [4.69, 9.17) is 24.3 Å². The molecule has 0 bridgehead atoms. The lowest BCUT2D eigenvalue weighted by molar-refractivity contribution is -0.161. The summed E-state index contributed by atoms with van der Waals surface area (Å²) >= 11 is 0. The quantitative estimate of drug-likeness (QED) is 0.0271. The molecule has 10 heteroatoms. The van der Waals surface area contributed by atoms with Crippen LogP contribution < -0.4 is 5.73 Å². The minimum atomic E-state index is -4.39. The molecule has 1 unspecified atom stereocenters. The number of hydrogen-bond donors (Lipinski definition) is 2. The van der Waals surface area contributed by atoms with Crippen LogP contribution in [-0.4, -0.2) is 49.3 Å². The fourth-order valence-electron chi connectivity index (χ4n) is 5.52. The van der Waals surface area contributed by atoms with Gasteiger partial charge in [0.15, 0.2) is 6.10 Å². The van der Waals surface area contributed by atoms with Gasteiger partial charge in [-0.3, -0.25) is 18.6 Å². The number of unbranched alkanes of at least 4 members (excludes halogenated alkanes) is 18. The van der Waals surface area contributed by atoms with Crippen LogP contribution in [0, 0.1) is 0 Å². The molecule has 0 radical (unpaired) electrons. The highest BCUT2D eigenvalue weighted by atomic mass is 31.2. The third-order valence-corrected chi connectivity index (χ3v) is 9.67. The fourth-order valence-corrected chi connectivity index (χ4v) is 6.28. The summed E-state index contributed by atoms with van der Waals surface area (Å²) in [6.45, 7) is 3.65. The number of carbonyl (C=O) groups excluding carboxylic acids is 2. The number of allylic oxidation sites excluding steroid dienone is 8. The highest BCUT2D eigenvalue weighted by Crippen LogP contribution is 2.43. The second kappa shape index (κ2) is 39.7. The summed E-state index contributed by atoms with van der Waals surface area (Å²) in [6.07, 6.45) is 44.2.